The van der Waals surface area contributed by atoms with Gasteiger partial charge >= 0.3 is 0 Å². The Labute approximate surface area is 203 Å². The molecule has 1 aromatic heterocycles. The predicted molar refractivity (Wildman–Crippen MR) is 124 cm³/mol. The molecule has 4 heterocycles. The van der Waals surface area contributed by atoms with Crippen molar-refractivity contribution in [1.82, 2.24) is 4.98 Å². The van der Waals surface area contributed by atoms with Crippen LogP contribution in [0.4, 0.5) is 5.69 Å². The summed E-state index contributed by atoms with van der Waals surface area (Å²) in [5.74, 6) is 0.493. The highest BCUT2D eigenvalue weighted by Crippen LogP contribution is 2.50. The number of carbonyl (C=O) groups excluding carboxylic acids is 2. The minimum Gasteiger partial charge on any atom is -0.488 e. The molecule has 3 aromatic rings. The third kappa shape index (κ3) is 3.22. The van der Waals surface area contributed by atoms with Crippen LogP contribution in [0.1, 0.15) is 21.5 Å². The maximum absolute atomic E-state index is 12.8. The summed E-state index contributed by atoms with van der Waals surface area (Å²) in [6, 6.07) is 11.7. The number of nitrogens with one attached hydrogen (secondary N) is 1. The number of benzene rings is 2. The van der Waals surface area contributed by atoms with Gasteiger partial charge in [-0.2, -0.15) is 10.2 Å². The van der Waals surface area contributed by atoms with Crippen molar-refractivity contribution in [2.75, 3.05) is 18.7 Å². The largest absolute Gasteiger partial charge is 0.488 e. The van der Waals surface area contributed by atoms with Crippen molar-refractivity contribution in [3.63, 3.8) is 0 Å². The Morgan fingerprint density at radius 3 is 2.69 bits per heavy atom. The number of ether oxygens (including phenoxy) is 3. The molecule has 1 atom stereocenters. The Morgan fingerprint density at radius 1 is 1.03 bits per heavy atom. The maximum atomic E-state index is 12.8. The number of nitrogens with two attached hydrogens (primary N) is 1. The first-order valence-corrected chi connectivity index (χ1v) is 10.9. The van der Waals surface area contributed by atoms with E-state index in [9.17, 15) is 9.59 Å². The van der Waals surface area contributed by atoms with Gasteiger partial charge in [0.05, 0.1) is 10.6 Å². The SMILES string of the molecule is NC(=O)C1(c2ccc3c(c2)OCO3)N=NC2=C1COc1ccc(NC(=O)c3ccncc3Cl)cc12. The van der Waals surface area contributed by atoms with Crippen LogP contribution in [0.2, 0.25) is 5.02 Å². The minimum absolute atomic E-state index is 0.0606. The fourth-order valence-electron chi connectivity index (χ4n) is 4.33. The van der Waals surface area contributed by atoms with Crippen LogP contribution in [0.15, 0.2) is 70.7 Å². The topological polar surface area (TPSA) is 137 Å². The molecule has 2 aromatic carbocycles. The number of primary amides is 1. The van der Waals surface area contributed by atoms with Crippen molar-refractivity contribution in [1.29, 1.82) is 0 Å². The highest BCUT2D eigenvalue weighted by atomic mass is 35.5. The lowest BCUT2D eigenvalue weighted by Crippen LogP contribution is -2.42. The smallest absolute Gasteiger partial charge is 0.257 e. The molecule has 1 unspecified atom stereocenters. The van der Waals surface area contributed by atoms with Crippen LogP contribution in [-0.4, -0.2) is 30.2 Å². The molecule has 0 aliphatic carbocycles. The van der Waals surface area contributed by atoms with E-state index in [4.69, 9.17) is 31.5 Å². The van der Waals surface area contributed by atoms with Gasteiger partial charge in [0.2, 0.25) is 12.3 Å². The van der Waals surface area contributed by atoms with Crippen molar-refractivity contribution in [3.8, 4) is 17.2 Å². The number of fused-ring (bicyclic) bond motifs is 3. The van der Waals surface area contributed by atoms with Crippen LogP contribution in [0.25, 0.3) is 5.70 Å². The Kier molecular flexibility index (Phi) is 4.71. The second kappa shape index (κ2) is 7.81. The Bertz CT molecular complexity index is 1490. The van der Waals surface area contributed by atoms with Crippen LogP contribution in [0.5, 0.6) is 17.2 Å². The zero-order valence-corrected chi connectivity index (χ0v) is 18.7. The van der Waals surface area contributed by atoms with Crippen molar-refractivity contribution in [2.45, 2.75) is 5.54 Å². The lowest BCUT2D eigenvalue weighted by molar-refractivity contribution is -0.122. The van der Waals surface area contributed by atoms with Gasteiger partial charge in [0.1, 0.15) is 18.1 Å². The van der Waals surface area contributed by atoms with Gasteiger partial charge in [-0.1, -0.05) is 17.7 Å². The number of anilines is 1. The van der Waals surface area contributed by atoms with Gasteiger partial charge < -0.3 is 25.3 Å². The summed E-state index contributed by atoms with van der Waals surface area (Å²) in [7, 11) is 0. The molecule has 6 rings (SSSR count). The molecule has 3 aliphatic heterocycles. The molecule has 0 radical (unpaired) electrons. The molecule has 0 saturated heterocycles. The van der Waals surface area contributed by atoms with Gasteiger partial charge in [0, 0.05) is 29.2 Å². The Hall–Kier alpha value is -4.44. The number of halogens is 1. The molecular weight excluding hydrogens is 474 g/mol. The van der Waals surface area contributed by atoms with E-state index in [1.54, 1.807) is 36.4 Å². The number of azo groups is 1. The monoisotopic (exact) mass is 489 g/mol. The third-order valence-corrected chi connectivity index (χ3v) is 6.35. The number of hydrogen-bond acceptors (Lipinski definition) is 8. The van der Waals surface area contributed by atoms with Crippen molar-refractivity contribution in [3.05, 3.63) is 82.1 Å². The van der Waals surface area contributed by atoms with E-state index < -0.39 is 17.4 Å². The van der Waals surface area contributed by atoms with Crippen LogP contribution in [0, 0.1) is 0 Å². The number of hydrogen-bond donors (Lipinski definition) is 2. The van der Waals surface area contributed by atoms with Crippen molar-refractivity contribution >= 4 is 34.8 Å². The maximum Gasteiger partial charge on any atom is 0.257 e. The second-order valence-electron chi connectivity index (χ2n) is 7.98. The van der Waals surface area contributed by atoms with Crippen molar-refractivity contribution in [2.24, 2.45) is 16.0 Å². The highest BCUT2D eigenvalue weighted by molar-refractivity contribution is 6.34. The van der Waals surface area contributed by atoms with Gasteiger partial charge in [-0.05, 0) is 42.0 Å². The first-order chi connectivity index (χ1) is 17.0. The normalized spacial score (nSPS) is 19.1. The summed E-state index contributed by atoms with van der Waals surface area (Å²) in [4.78, 5) is 29.4. The molecule has 0 saturated carbocycles. The number of carbonyl (C=O) groups is 2. The molecule has 0 bridgehead atoms. The van der Waals surface area contributed by atoms with Crippen LogP contribution in [-0.2, 0) is 10.3 Å². The average molecular weight is 490 g/mol. The zero-order chi connectivity index (χ0) is 24.2. The molecule has 0 spiro atoms. The second-order valence-corrected chi connectivity index (χ2v) is 8.39. The zero-order valence-electron chi connectivity index (χ0n) is 17.9. The van der Waals surface area contributed by atoms with E-state index in [1.807, 2.05) is 0 Å². The molecule has 3 N–H and O–H groups in total. The molecule has 11 heteroatoms. The summed E-state index contributed by atoms with van der Waals surface area (Å²) < 4.78 is 16.8. The Balaban J connectivity index is 1.40. The van der Waals surface area contributed by atoms with E-state index in [-0.39, 0.29) is 24.0 Å². The first-order valence-electron chi connectivity index (χ1n) is 10.5. The van der Waals surface area contributed by atoms with Crippen LogP contribution in [0.3, 0.4) is 0 Å². The fourth-order valence-corrected chi connectivity index (χ4v) is 4.53. The number of amides is 2. The van der Waals surface area contributed by atoms with Crippen LogP contribution >= 0.6 is 11.6 Å². The average Bonchev–Trinajstić information content (AvgIpc) is 3.49. The van der Waals surface area contributed by atoms with E-state index in [2.05, 4.69) is 20.5 Å². The molecule has 35 heavy (non-hydrogen) atoms. The van der Waals surface area contributed by atoms with E-state index >= 15 is 0 Å². The third-order valence-electron chi connectivity index (χ3n) is 6.05. The quantitative estimate of drug-likeness (QED) is 0.573. The van der Waals surface area contributed by atoms with E-state index in [1.165, 1.54) is 18.5 Å². The lowest BCUT2D eigenvalue weighted by Gasteiger charge is -2.28. The van der Waals surface area contributed by atoms with Crippen LogP contribution < -0.4 is 25.3 Å². The summed E-state index contributed by atoms with van der Waals surface area (Å²) in [5.41, 5.74) is 7.10. The van der Waals surface area contributed by atoms with Gasteiger partial charge in [-0.25, -0.2) is 0 Å². The number of aromatic nitrogens is 1. The first kappa shape index (κ1) is 21.1. The molecular formula is C24H16ClN5O5. The minimum atomic E-state index is -1.56. The van der Waals surface area contributed by atoms with Gasteiger partial charge in [0.25, 0.3) is 11.8 Å². The number of pyridine rings is 1. The van der Waals surface area contributed by atoms with Gasteiger partial charge in [-0.3, -0.25) is 14.6 Å². The molecule has 10 nitrogen and oxygen atoms in total. The summed E-state index contributed by atoms with van der Waals surface area (Å²) in [6.07, 6.45) is 2.88. The molecule has 3 aliphatic rings. The summed E-state index contributed by atoms with van der Waals surface area (Å²) in [5, 5.41) is 11.7. The molecule has 2 amide bonds. The molecule has 0 fully saturated rings. The molecule has 174 valence electrons. The van der Waals surface area contributed by atoms with Crippen molar-refractivity contribution < 1.29 is 23.8 Å². The van der Waals surface area contributed by atoms with E-state index in [0.29, 0.717) is 45.3 Å². The van der Waals surface area contributed by atoms with Gasteiger partial charge in [0.15, 0.2) is 11.5 Å². The highest BCUT2D eigenvalue weighted by Gasteiger charge is 2.50. The lowest BCUT2D eigenvalue weighted by atomic mass is 9.80. The number of nitrogens with zero attached hydrogens (tertiary/aromatic N) is 3. The summed E-state index contributed by atoms with van der Waals surface area (Å²) in [6.45, 7) is 0.151. The standard InChI is InChI=1S/C24H16ClN5O5/c25-17-9-27-6-5-14(17)22(31)28-13-2-4-18-15(8-13)21-16(10-33-18)24(23(26)32,30-29-21)12-1-3-19-20(7-12)35-11-34-19/h1-9H,10-11H2,(H2,26,32)(H,28,31). The van der Waals surface area contributed by atoms with Gasteiger partial charge in [-0.15, -0.1) is 0 Å². The fraction of sp³-hybridized carbons (Fsp3) is 0.125. The summed E-state index contributed by atoms with van der Waals surface area (Å²) >= 11 is 6.09. The predicted octanol–water partition coefficient (Wildman–Crippen LogP) is 3.67. The Morgan fingerprint density at radius 2 is 1.86 bits per heavy atom. The van der Waals surface area contributed by atoms with E-state index in [0.717, 1.165) is 0 Å². The number of rotatable bonds is 4.